The van der Waals surface area contributed by atoms with Gasteiger partial charge in [-0.1, -0.05) is 60.6 Å². The summed E-state index contributed by atoms with van der Waals surface area (Å²) in [6, 6.07) is 21.2. The first-order valence-electron chi connectivity index (χ1n) is 8.42. The second-order valence-electron chi connectivity index (χ2n) is 6.28. The van der Waals surface area contributed by atoms with Crippen LogP contribution in [0.1, 0.15) is 17.3 Å². The van der Waals surface area contributed by atoms with E-state index in [1.807, 2.05) is 54.6 Å². The fourth-order valence-corrected chi connectivity index (χ4v) is 4.13. The van der Waals surface area contributed by atoms with Crippen LogP contribution < -0.4 is 0 Å². The molecular weight excluding hydrogens is 364 g/mol. The SMILES string of the molecule is C[C@H]1CN(C(=O)c2ccc3ccccc3c2)C(=Nc2ccc(Cl)cc2)S1. The lowest BCUT2D eigenvalue weighted by Crippen LogP contribution is -2.32. The largest absolute Gasteiger partial charge is 0.286 e. The topological polar surface area (TPSA) is 32.7 Å². The average molecular weight is 381 g/mol. The maximum absolute atomic E-state index is 13.1. The maximum Gasteiger partial charge on any atom is 0.259 e. The molecule has 1 saturated heterocycles. The van der Waals surface area contributed by atoms with Crippen LogP contribution in [-0.4, -0.2) is 27.8 Å². The van der Waals surface area contributed by atoms with Gasteiger partial charge in [-0.25, -0.2) is 4.99 Å². The van der Waals surface area contributed by atoms with Crippen molar-refractivity contribution in [2.24, 2.45) is 4.99 Å². The molecule has 1 atom stereocenters. The third-order valence-corrected chi connectivity index (χ3v) is 5.60. The van der Waals surface area contributed by atoms with E-state index < -0.39 is 0 Å². The number of aliphatic imine (C=N–C) groups is 1. The van der Waals surface area contributed by atoms with Crippen LogP contribution in [0.4, 0.5) is 5.69 Å². The highest BCUT2D eigenvalue weighted by Gasteiger charge is 2.31. The molecule has 1 heterocycles. The molecule has 1 aliphatic rings. The summed E-state index contributed by atoms with van der Waals surface area (Å²) in [5.74, 6) is -0.0136. The van der Waals surface area contributed by atoms with Crippen molar-refractivity contribution in [3.05, 3.63) is 77.3 Å². The van der Waals surface area contributed by atoms with E-state index in [9.17, 15) is 4.79 Å². The molecule has 1 amide bonds. The zero-order valence-corrected chi connectivity index (χ0v) is 15.8. The van der Waals surface area contributed by atoms with Crippen LogP contribution in [-0.2, 0) is 0 Å². The standard InChI is InChI=1S/C21H17ClN2OS/c1-14-13-24(21(26-14)23-19-10-8-18(22)9-11-19)20(25)17-7-6-15-4-2-3-5-16(15)12-17/h2-12,14H,13H2,1H3/t14-/m0/s1. The van der Waals surface area contributed by atoms with Crippen LogP contribution in [0.25, 0.3) is 10.8 Å². The number of carbonyl (C=O) groups excluding carboxylic acids is 1. The molecule has 26 heavy (non-hydrogen) atoms. The molecule has 5 heteroatoms. The zero-order valence-electron chi connectivity index (χ0n) is 14.2. The number of hydrogen-bond donors (Lipinski definition) is 0. The van der Waals surface area contributed by atoms with E-state index in [1.54, 1.807) is 28.8 Å². The first-order valence-corrected chi connectivity index (χ1v) is 9.67. The molecule has 0 N–H and O–H groups in total. The van der Waals surface area contributed by atoms with Gasteiger partial charge in [-0.15, -0.1) is 0 Å². The average Bonchev–Trinajstić information content (AvgIpc) is 3.02. The van der Waals surface area contributed by atoms with Gasteiger partial charge in [-0.3, -0.25) is 9.69 Å². The summed E-state index contributed by atoms with van der Waals surface area (Å²) >= 11 is 7.56. The second-order valence-corrected chi connectivity index (χ2v) is 8.12. The van der Waals surface area contributed by atoms with Crippen LogP contribution in [0.2, 0.25) is 5.02 Å². The van der Waals surface area contributed by atoms with Gasteiger partial charge in [0.1, 0.15) is 0 Å². The van der Waals surface area contributed by atoms with Gasteiger partial charge in [-0.05, 0) is 47.2 Å². The van der Waals surface area contributed by atoms with E-state index in [0.717, 1.165) is 21.6 Å². The Balaban J connectivity index is 1.67. The molecule has 0 spiro atoms. The van der Waals surface area contributed by atoms with Gasteiger partial charge in [0.15, 0.2) is 5.17 Å². The normalized spacial score (nSPS) is 18.6. The Morgan fingerprint density at radius 3 is 2.58 bits per heavy atom. The molecule has 1 aliphatic heterocycles. The van der Waals surface area contributed by atoms with Gasteiger partial charge in [0.2, 0.25) is 0 Å². The van der Waals surface area contributed by atoms with E-state index in [0.29, 0.717) is 22.4 Å². The van der Waals surface area contributed by atoms with Gasteiger partial charge in [0, 0.05) is 22.4 Å². The quantitative estimate of drug-likeness (QED) is 0.566. The molecule has 0 radical (unpaired) electrons. The summed E-state index contributed by atoms with van der Waals surface area (Å²) in [6.45, 7) is 2.76. The van der Waals surface area contributed by atoms with Crippen molar-refractivity contribution in [1.29, 1.82) is 0 Å². The van der Waals surface area contributed by atoms with E-state index in [2.05, 4.69) is 11.9 Å². The first kappa shape index (κ1) is 17.1. The van der Waals surface area contributed by atoms with Gasteiger partial charge in [0.05, 0.1) is 5.69 Å². The van der Waals surface area contributed by atoms with E-state index in [1.165, 1.54) is 0 Å². The van der Waals surface area contributed by atoms with Crippen LogP contribution in [0, 0.1) is 0 Å². The van der Waals surface area contributed by atoms with Crippen LogP contribution >= 0.6 is 23.4 Å². The summed E-state index contributed by atoms with van der Waals surface area (Å²) in [5, 5.41) is 3.91. The molecule has 3 aromatic carbocycles. The minimum absolute atomic E-state index is 0.0136. The number of thioether (sulfide) groups is 1. The Hall–Kier alpha value is -2.30. The minimum atomic E-state index is -0.0136. The molecule has 0 aliphatic carbocycles. The molecule has 3 aromatic rings. The summed E-state index contributed by atoms with van der Waals surface area (Å²) in [7, 11) is 0. The smallest absolute Gasteiger partial charge is 0.259 e. The summed E-state index contributed by atoms with van der Waals surface area (Å²) in [5.41, 5.74) is 1.48. The zero-order chi connectivity index (χ0) is 18.1. The Bertz CT molecular complexity index is 1000. The van der Waals surface area contributed by atoms with Crippen molar-refractivity contribution in [2.75, 3.05) is 6.54 Å². The molecule has 0 saturated carbocycles. The maximum atomic E-state index is 13.1. The third-order valence-electron chi connectivity index (χ3n) is 4.27. The van der Waals surface area contributed by atoms with Crippen molar-refractivity contribution in [3.8, 4) is 0 Å². The molecule has 0 aromatic heterocycles. The molecule has 0 unspecified atom stereocenters. The lowest BCUT2D eigenvalue weighted by molar-refractivity contribution is 0.0855. The first-order chi connectivity index (χ1) is 12.6. The number of rotatable bonds is 2. The van der Waals surface area contributed by atoms with E-state index in [4.69, 9.17) is 11.6 Å². The number of benzene rings is 3. The molecule has 0 bridgehead atoms. The van der Waals surface area contributed by atoms with E-state index in [-0.39, 0.29) is 5.91 Å². The summed E-state index contributed by atoms with van der Waals surface area (Å²) in [6.07, 6.45) is 0. The van der Waals surface area contributed by atoms with Gasteiger partial charge < -0.3 is 0 Å². The monoisotopic (exact) mass is 380 g/mol. The van der Waals surface area contributed by atoms with Crippen molar-refractivity contribution >= 4 is 50.9 Å². The molecular formula is C21H17ClN2OS. The lowest BCUT2D eigenvalue weighted by atomic mass is 10.1. The van der Waals surface area contributed by atoms with Crippen LogP contribution in [0.15, 0.2) is 71.7 Å². The molecule has 1 fully saturated rings. The van der Waals surface area contributed by atoms with Gasteiger partial charge in [0.25, 0.3) is 5.91 Å². The molecule has 130 valence electrons. The Morgan fingerprint density at radius 2 is 1.81 bits per heavy atom. The van der Waals surface area contributed by atoms with Crippen molar-refractivity contribution in [1.82, 2.24) is 4.90 Å². The Kier molecular flexibility index (Phi) is 4.70. The van der Waals surface area contributed by atoms with Gasteiger partial charge >= 0.3 is 0 Å². The van der Waals surface area contributed by atoms with Gasteiger partial charge in [-0.2, -0.15) is 0 Å². The fraction of sp³-hybridized carbons (Fsp3) is 0.143. The van der Waals surface area contributed by atoms with Crippen molar-refractivity contribution < 1.29 is 4.79 Å². The summed E-state index contributed by atoms with van der Waals surface area (Å²) < 4.78 is 0. The predicted octanol–water partition coefficient (Wildman–Crippen LogP) is 5.76. The Labute approximate surface area is 161 Å². The summed E-state index contributed by atoms with van der Waals surface area (Å²) in [4.78, 5) is 19.5. The van der Waals surface area contributed by atoms with E-state index >= 15 is 0 Å². The third kappa shape index (κ3) is 3.48. The number of amidine groups is 1. The highest BCUT2D eigenvalue weighted by atomic mass is 35.5. The van der Waals surface area contributed by atoms with Crippen molar-refractivity contribution in [3.63, 3.8) is 0 Å². The number of fused-ring (bicyclic) bond motifs is 1. The predicted molar refractivity (Wildman–Crippen MR) is 111 cm³/mol. The lowest BCUT2D eigenvalue weighted by Gasteiger charge is -2.16. The van der Waals surface area contributed by atoms with Crippen molar-refractivity contribution in [2.45, 2.75) is 12.2 Å². The number of carbonyl (C=O) groups is 1. The highest BCUT2D eigenvalue weighted by Crippen LogP contribution is 2.30. The number of halogens is 1. The number of amides is 1. The molecule has 3 nitrogen and oxygen atoms in total. The number of hydrogen-bond acceptors (Lipinski definition) is 3. The second kappa shape index (κ2) is 7.14. The number of nitrogens with zero attached hydrogens (tertiary/aromatic N) is 2. The fourth-order valence-electron chi connectivity index (χ4n) is 2.98. The molecule has 4 rings (SSSR count). The Morgan fingerprint density at radius 1 is 1.08 bits per heavy atom. The minimum Gasteiger partial charge on any atom is -0.286 e. The van der Waals surface area contributed by atoms with Crippen LogP contribution in [0.5, 0.6) is 0 Å². The van der Waals surface area contributed by atoms with Crippen LogP contribution in [0.3, 0.4) is 0 Å². The highest BCUT2D eigenvalue weighted by molar-refractivity contribution is 8.14.